The molecule has 2 fully saturated rings. The largest absolute Gasteiger partial charge is 0.473 e. The fourth-order valence-corrected chi connectivity index (χ4v) is 6.77. The second-order valence-corrected chi connectivity index (χ2v) is 12.3. The van der Waals surface area contributed by atoms with Gasteiger partial charge in [-0.1, -0.05) is 19.3 Å². The Morgan fingerprint density at radius 2 is 1.74 bits per heavy atom. The number of carbonyl (C=O) groups is 2. The van der Waals surface area contributed by atoms with Crippen molar-refractivity contribution in [2.24, 2.45) is 0 Å². The van der Waals surface area contributed by atoms with Gasteiger partial charge in [0.2, 0.25) is 10.0 Å². The Labute approximate surface area is 248 Å². The Kier molecular flexibility index (Phi) is 11.6. The number of morpholine rings is 1. The molecule has 0 amide bonds. The van der Waals surface area contributed by atoms with Gasteiger partial charge in [-0.2, -0.15) is 5.06 Å². The second-order valence-electron chi connectivity index (χ2n) is 10.5. The Balaban J connectivity index is 1.37. The Bertz CT molecular complexity index is 1400. The zero-order valence-corrected chi connectivity index (χ0v) is 24.6. The molecule has 0 spiro atoms. The van der Waals surface area contributed by atoms with Crippen molar-refractivity contribution in [2.75, 3.05) is 49.2 Å². The molecule has 0 bridgehead atoms. The van der Waals surface area contributed by atoms with Gasteiger partial charge in [-0.3, -0.25) is 19.4 Å². The maximum Gasteiger partial charge on any atom is 0.437 e. The van der Waals surface area contributed by atoms with Gasteiger partial charge in [-0.25, -0.2) is 18.0 Å². The van der Waals surface area contributed by atoms with E-state index >= 15 is 0 Å². The number of ether oxygens (including phenoxy) is 1. The molecule has 4 rings (SSSR count). The van der Waals surface area contributed by atoms with Gasteiger partial charge >= 0.3 is 11.9 Å². The Hall–Kier alpha value is -3.44. The van der Waals surface area contributed by atoms with Crippen LogP contribution in [0, 0.1) is 0 Å². The molecule has 1 saturated heterocycles. The van der Waals surface area contributed by atoms with Crippen molar-refractivity contribution in [3.8, 4) is 0 Å². The first-order valence-electron chi connectivity index (χ1n) is 14.4. The molecule has 2 aliphatic rings. The average molecular weight is 624 g/mol. The van der Waals surface area contributed by atoms with Crippen LogP contribution in [0.3, 0.4) is 0 Å². The molecule has 1 saturated carbocycles. The van der Waals surface area contributed by atoms with E-state index in [0.717, 1.165) is 19.3 Å². The summed E-state index contributed by atoms with van der Waals surface area (Å²) in [6.07, 6.45) is 6.87. The smallest absolute Gasteiger partial charge is 0.437 e. The number of anilines is 3. The van der Waals surface area contributed by atoms with Crippen molar-refractivity contribution in [2.45, 2.75) is 63.5 Å². The lowest BCUT2D eigenvalue weighted by Crippen LogP contribution is -2.48. The fourth-order valence-electron chi connectivity index (χ4n) is 5.08. The molecule has 43 heavy (non-hydrogen) atoms. The van der Waals surface area contributed by atoms with Crippen LogP contribution in [-0.2, 0) is 34.0 Å². The summed E-state index contributed by atoms with van der Waals surface area (Å²) in [6, 6.07) is 2.68. The monoisotopic (exact) mass is 623 g/mol. The third-order valence-electron chi connectivity index (χ3n) is 7.27. The molecule has 2 aromatic rings. The van der Waals surface area contributed by atoms with Gasteiger partial charge in [0.05, 0.1) is 31.1 Å². The lowest BCUT2D eigenvalue weighted by Gasteiger charge is -2.33. The van der Waals surface area contributed by atoms with E-state index in [2.05, 4.69) is 15.6 Å². The number of unbranched alkanes of at least 4 members (excludes halogenated alkanes) is 1. The minimum absolute atomic E-state index is 0.175. The van der Waals surface area contributed by atoms with E-state index in [9.17, 15) is 27.6 Å². The zero-order chi connectivity index (χ0) is 30.8. The second kappa shape index (κ2) is 15.3. The van der Waals surface area contributed by atoms with E-state index in [-0.39, 0.29) is 11.4 Å². The van der Waals surface area contributed by atoms with Crippen molar-refractivity contribution < 1.29 is 37.5 Å². The van der Waals surface area contributed by atoms with Crippen LogP contribution in [0.5, 0.6) is 0 Å². The van der Waals surface area contributed by atoms with Crippen LogP contribution in [0.4, 0.5) is 17.1 Å². The molecule has 3 N–H and O–H groups in total. The fraction of sp³-hybridized carbons (Fsp3) is 0.593. The normalized spacial score (nSPS) is 17.5. The topological polar surface area (TPSA) is 194 Å². The number of pyridine rings is 1. The molecule has 1 aromatic heterocycles. The number of rotatable bonds is 15. The van der Waals surface area contributed by atoms with Crippen molar-refractivity contribution >= 4 is 39.0 Å². The first-order chi connectivity index (χ1) is 20.7. The number of hydrogen-bond donors (Lipinski definition) is 3. The molecule has 236 valence electrons. The van der Waals surface area contributed by atoms with Crippen LogP contribution < -0.4 is 21.5 Å². The Morgan fingerprint density at radius 3 is 2.42 bits per heavy atom. The number of aromatic nitrogens is 1. The average Bonchev–Trinajstić information content (AvgIpc) is 3.01. The van der Waals surface area contributed by atoms with Crippen molar-refractivity contribution in [3.63, 3.8) is 0 Å². The molecule has 1 aliphatic carbocycles. The van der Waals surface area contributed by atoms with E-state index in [1.54, 1.807) is 29.6 Å². The first-order valence-corrected chi connectivity index (χ1v) is 16.0. The summed E-state index contributed by atoms with van der Waals surface area (Å²) < 4.78 is 33.0. The van der Waals surface area contributed by atoms with E-state index in [1.165, 1.54) is 0 Å². The number of carboxylic acid groups (broad SMARTS) is 1. The SMILES string of the molecule is O=C(O)C(=O)ON(C1CCCCC1)S(=O)(=O)CC(CCCCNc1c(Nc2ccncc2)c(=O)c1=O)ON1CCOCC1. The molecule has 1 aliphatic heterocycles. The third kappa shape index (κ3) is 9.03. The van der Waals surface area contributed by atoms with Gasteiger partial charge in [-0.05, 0) is 48.7 Å². The van der Waals surface area contributed by atoms with Crippen LogP contribution in [-0.4, -0.2) is 90.7 Å². The number of nitrogens with zero attached hydrogens (tertiary/aromatic N) is 3. The molecule has 15 nitrogen and oxygen atoms in total. The molecule has 1 atom stereocenters. The molecular weight excluding hydrogens is 586 g/mol. The van der Waals surface area contributed by atoms with Crippen molar-refractivity contribution in [1.82, 2.24) is 14.5 Å². The lowest BCUT2D eigenvalue weighted by molar-refractivity contribution is -0.221. The summed E-state index contributed by atoms with van der Waals surface area (Å²) in [5.41, 5.74) is -0.251. The molecular formula is C27H37N5O10S. The van der Waals surface area contributed by atoms with Gasteiger partial charge in [-0.15, -0.1) is 0 Å². The summed E-state index contributed by atoms with van der Waals surface area (Å²) in [5, 5.41) is 16.6. The quantitative estimate of drug-likeness (QED) is 0.145. The van der Waals surface area contributed by atoms with Gasteiger partial charge in [0.1, 0.15) is 11.4 Å². The summed E-state index contributed by atoms with van der Waals surface area (Å²) in [5.74, 6) is -4.08. The summed E-state index contributed by atoms with van der Waals surface area (Å²) in [6.45, 7) is 2.07. The highest BCUT2D eigenvalue weighted by Gasteiger charge is 2.38. The standard InChI is InChI=1S/C27H37N5O10S/c33-24-22(23(25(24)34)30-19-9-12-28-13-10-19)29-11-5-4-8-21(41-31-14-16-40-17-15-31)18-43(38,39)32(42-27(37)26(35)36)20-6-2-1-3-7-20/h9-10,12-13,20-21,29H,1-8,11,14-18H2,(H,28,30)(H,35,36). The van der Waals surface area contributed by atoms with Crippen LogP contribution >= 0.6 is 0 Å². The summed E-state index contributed by atoms with van der Waals surface area (Å²) in [4.78, 5) is 62.1. The van der Waals surface area contributed by atoms with Gasteiger partial charge in [0, 0.05) is 37.7 Å². The number of carboxylic acids is 1. The van der Waals surface area contributed by atoms with E-state index in [4.69, 9.17) is 19.5 Å². The molecule has 0 radical (unpaired) electrons. The van der Waals surface area contributed by atoms with E-state index in [1.807, 2.05) is 0 Å². The van der Waals surface area contributed by atoms with Crippen molar-refractivity contribution in [3.05, 3.63) is 45.0 Å². The van der Waals surface area contributed by atoms with Crippen LogP contribution in [0.15, 0.2) is 34.1 Å². The number of hydroxylamine groups is 3. The molecule has 1 aromatic carbocycles. The predicted molar refractivity (Wildman–Crippen MR) is 155 cm³/mol. The van der Waals surface area contributed by atoms with Gasteiger partial charge < -0.3 is 25.3 Å². The highest BCUT2D eigenvalue weighted by Crippen LogP contribution is 2.27. The molecule has 16 heteroatoms. The summed E-state index contributed by atoms with van der Waals surface area (Å²) >= 11 is 0. The van der Waals surface area contributed by atoms with E-state index < -0.39 is 50.7 Å². The number of aliphatic carboxylic acids is 1. The van der Waals surface area contributed by atoms with Crippen LogP contribution in [0.25, 0.3) is 0 Å². The lowest BCUT2D eigenvalue weighted by atomic mass is 9.96. The van der Waals surface area contributed by atoms with E-state index in [0.29, 0.717) is 75.1 Å². The van der Waals surface area contributed by atoms with Crippen LogP contribution in [0.1, 0.15) is 51.4 Å². The molecule has 2 heterocycles. The van der Waals surface area contributed by atoms with Gasteiger partial charge in [0.15, 0.2) is 0 Å². The number of sulfonamides is 1. The third-order valence-corrected chi connectivity index (χ3v) is 8.99. The number of carbonyl (C=O) groups excluding carboxylic acids is 1. The highest BCUT2D eigenvalue weighted by molar-refractivity contribution is 7.89. The summed E-state index contributed by atoms with van der Waals surface area (Å²) in [7, 11) is -4.28. The maximum atomic E-state index is 13.6. The van der Waals surface area contributed by atoms with Crippen LogP contribution in [0.2, 0.25) is 0 Å². The highest BCUT2D eigenvalue weighted by atomic mass is 32.2. The number of nitrogens with one attached hydrogen (secondary N) is 2. The maximum absolute atomic E-state index is 13.6. The Morgan fingerprint density at radius 1 is 1.07 bits per heavy atom. The van der Waals surface area contributed by atoms with Gasteiger partial charge in [0.25, 0.3) is 10.9 Å². The van der Waals surface area contributed by atoms with Crippen molar-refractivity contribution in [1.29, 1.82) is 0 Å². The number of hydrogen-bond acceptors (Lipinski definition) is 13. The first kappa shape index (κ1) is 32.5. The zero-order valence-electron chi connectivity index (χ0n) is 23.7. The minimum atomic E-state index is -4.28. The predicted octanol–water partition coefficient (Wildman–Crippen LogP) is 1.14. The minimum Gasteiger partial charge on any atom is -0.473 e. The molecule has 1 unspecified atom stereocenters.